The molecular formula is C21H22N6O3. The van der Waals surface area contributed by atoms with Crippen LogP contribution in [0.2, 0.25) is 0 Å². The predicted molar refractivity (Wildman–Crippen MR) is 111 cm³/mol. The Balaban J connectivity index is 1.34. The molecule has 0 saturated carbocycles. The van der Waals surface area contributed by atoms with E-state index in [0.29, 0.717) is 36.7 Å². The quantitative estimate of drug-likeness (QED) is 0.516. The van der Waals surface area contributed by atoms with Crippen LogP contribution in [-0.2, 0) is 0 Å². The summed E-state index contributed by atoms with van der Waals surface area (Å²) in [7, 11) is 1.59. The molecule has 1 aliphatic heterocycles. The molecule has 0 atom stereocenters. The number of nitrogens with zero attached hydrogens (tertiary/aromatic N) is 6. The lowest BCUT2D eigenvalue weighted by Crippen LogP contribution is -2.35. The Bertz CT molecular complexity index is 1230. The Kier molecular flexibility index (Phi) is 4.50. The number of hydrogen-bond donors (Lipinski definition) is 0. The van der Waals surface area contributed by atoms with Gasteiger partial charge in [0.25, 0.3) is 5.91 Å². The summed E-state index contributed by atoms with van der Waals surface area (Å²) in [5, 5.41) is 13.7. The zero-order valence-corrected chi connectivity index (χ0v) is 16.9. The summed E-state index contributed by atoms with van der Waals surface area (Å²) in [4.78, 5) is 17.1. The summed E-state index contributed by atoms with van der Waals surface area (Å²) in [6, 6.07) is 11.3. The van der Waals surface area contributed by atoms with Gasteiger partial charge >= 0.3 is 0 Å². The van der Waals surface area contributed by atoms with Crippen molar-refractivity contribution in [2.75, 3.05) is 38.2 Å². The molecule has 3 aromatic heterocycles. The van der Waals surface area contributed by atoms with Gasteiger partial charge < -0.3 is 19.0 Å². The minimum absolute atomic E-state index is 0.104. The van der Waals surface area contributed by atoms with Crippen LogP contribution < -0.4 is 9.64 Å². The van der Waals surface area contributed by atoms with E-state index in [4.69, 9.17) is 9.15 Å². The Morgan fingerprint density at radius 3 is 2.87 bits per heavy atom. The number of anilines is 1. The molecule has 154 valence electrons. The summed E-state index contributed by atoms with van der Waals surface area (Å²) in [5.74, 6) is 2.46. The number of ether oxygens (including phenoxy) is 1. The Morgan fingerprint density at radius 2 is 2.00 bits per heavy atom. The number of methoxy groups -OCH3 is 1. The SMILES string of the molecule is COc1cccc2cc(C(=O)N3CCCN(c4ccc5nnc(C)n5n4)CC3)oc12. The first kappa shape index (κ1) is 18.4. The lowest BCUT2D eigenvalue weighted by atomic mass is 10.2. The maximum absolute atomic E-state index is 13.1. The Hall–Kier alpha value is -3.62. The van der Waals surface area contributed by atoms with Gasteiger partial charge in [0.2, 0.25) is 0 Å². The normalized spacial score (nSPS) is 15.0. The molecule has 0 N–H and O–H groups in total. The maximum atomic E-state index is 13.1. The number of para-hydroxylation sites is 1. The fourth-order valence-corrected chi connectivity index (χ4v) is 3.86. The van der Waals surface area contributed by atoms with Gasteiger partial charge in [-0.25, -0.2) is 0 Å². The van der Waals surface area contributed by atoms with Gasteiger partial charge in [-0.2, -0.15) is 4.52 Å². The Labute approximate surface area is 172 Å². The van der Waals surface area contributed by atoms with E-state index in [9.17, 15) is 4.79 Å². The van der Waals surface area contributed by atoms with E-state index in [-0.39, 0.29) is 5.91 Å². The molecule has 5 rings (SSSR count). The van der Waals surface area contributed by atoms with Crippen LogP contribution in [0.15, 0.2) is 40.8 Å². The Morgan fingerprint density at radius 1 is 1.10 bits per heavy atom. The molecule has 9 heteroatoms. The summed E-state index contributed by atoms with van der Waals surface area (Å²) >= 11 is 0. The first-order chi connectivity index (χ1) is 14.6. The number of carbonyl (C=O) groups is 1. The van der Waals surface area contributed by atoms with Gasteiger partial charge in [0, 0.05) is 31.6 Å². The van der Waals surface area contributed by atoms with E-state index < -0.39 is 0 Å². The van der Waals surface area contributed by atoms with Gasteiger partial charge in [-0.15, -0.1) is 15.3 Å². The fraction of sp³-hybridized carbons (Fsp3) is 0.333. The van der Waals surface area contributed by atoms with Crippen molar-refractivity contribution in [2.45, 2.75) is 13.3 Å². The molecule has 1 amide bonds. The van der Waals surface area contributed by atoms with Gasteiger partial charge in [0.15, 0.2) is 28.6 Å². The third kappa shape index (κ3) is 3.12. The average Bonchev–Trinajstić information content (AvgIpc) is 3.28. The molecule has 1 fully saturated rings. The molecule has 1 saturated heterocycles. The number of furan rings is 1. The van der Waals surface area contributed by atoms with E-state index in [0.717, 1.165) is 35.6 Å². The van der Waals surface area contributed by atoms with Gasteiger partial charge in [-0.05, 0) is 37.6 Å². The molecule has 4 aromatic rings. The van der Waals surface area contributed by atoms with Crippen molar-refractivity contribution in [2.24, 2.45) is 0 Å². The van der Waals surface area contributed by atoms with Crippen molar-refractivity contribution >= 4 is 28.3 Å². The number of aryl methyl sites for hydroxylation is 1. The molecule has 0 spiro atoms. The molecule has 0 bridgehead atoms. The van der Waals surface area contributed by atoms with Crippen LogP contribution in [0.25, 0.3) is 16.6 Å². The highest BCUT2D eigenvalue weighted by Gasteiger charge is 2.24. The van der Waals surface area contributed by atoms with Crippen LogP contribution >= 0.6 is 0 Å². The summed E-state index contributed by atoms with van der Waals surface area (Å²) in [6.07, 6.45) is 0.843. The smallest absolute Gasteiger partial charge is 0.289 e. The molecule has 0 radical (unpaired) electrons. The molecule has 1 aromatic carbocycles. The third-order valence-corrected chi connectivity index (χ3v) is 5.45. The van der Waals surface area contributed by atoms with E-state index >= 15 is 0 Å². The van der Waals surface area contributed by atoms with Crippen LogP contribution in [0.4, 0.5) is 5.82 Å². The van der Waals surface area contributed by atoms with Gasteiger partial charge in [-0.1, -0.05) is 12.1 Å². The highest BCUT2D eigenvalue weighted by Crippen LogP contribution is 2.29. The number of fused-ring (bicyclic) bond motifs is 2. The summed E-state index contributed by atoms with van der Waals surface area (Å²) in [6.45, 7) is 4.64. The van der Waals surface area contributed by atoms with Crippen molar-refractivity contribution in [3.8, 4) is 5.75 Å². The largest absolute Gasteiger partial charge is 0.493 e. The minimum Gasteiger partial charge on any atom is -0.493 e. The first-order valence-corrected chi connectivity index (χ1v) is 9.94. The first-order valence-electron chi connectivity index (χ1n) is 9.94. The second-order valence-corrected chi connectivity index (χ2v) is 7.33. The van der Waals surface area contributed by atoms with Crippen LogP contribution in [0.5, 0.6) is 5.75 Å². The highest BCUT2D eigenvalue weighted by atomic mass is 16.5. The molecule has 4 heterocycles. The monoisotopic (exact) mass is 406 g/mol. The van der Waals surface area contributed by atoms with Crippen molar-refractivity contribution in [1.82, 2.24) is 24.7 Å². The topological polar surface area (TPSA) is 89.0 Å². The molecule has 1 aliphatic rings. The van der Waals surface area contributed by atoms with Gasteiger partial charge in [-0.3, -0.25) is 4.79 Å². The van der Waals surface area contributed by atoms with Crippen molar-refractivity contribution < 1.29 is 13.9 Å². The number of aromatic nitrogens is 4. The fourth-order valence-electron chi connectivity index (χ4n) is 3.86. The minimum atomic E-state index is -0.104. The molecule has 9 nitrogen and oxygen atoms in total. The van der Waals surface area contributed by atoms with E-state index in [2.05, 4.69) is 20.2 Å². The zero-order chi connectivity index (χ0) is 20.7. The maximum Gasteiger partial charge on any atom is 0.289 e. The second kappa shape index (κ2) is 7.33. The molecule has 0 unspecified atom stereocenters. The third-order valence-electron chi connectivity index (χ3n) is 5.45. The highest BCUT2D eigenvalue weighted by molar-refractivity contribution is 5.97. The van der Waals surface area contributed by atoms with Crippen molar-refractivity contribution in [3.05, 3.63) is 48.0 Å². The van der Waals surface area contributed by atoms with Gasteiger partial charge in [0.1, 0.15) is 5.82 Å². The molecular weight excluding hydrogens is 384 g/mol. The second-order valence-electron chi connectivity index (χ2n) is 7.33. The van der Waals surface area contributed by atoms with Crippen LogP contribution in [0.3, 0.4) is 0 Å². The number of carbonyl (C=O) groups excluding carboxylic acids is 1. The van der Waals surface area contributed by atoms with Crippen molar-refractivity contribution in [1.29, 1.82) is 0 Å². The van der Waals surface area contributed by atoms with Crippen LogP contribution in [0.1, 0.15) is 22.8 Å². The van der Waals surface area contributed by atoms with Crippen molar-refractivity contribution in [3.63, 3.8) is 0 Å². The number of hydrogen-bond acceptors (Lipinski definition) is 7. The van der Waals surface area contributed by atoms with E-state index in [1.165, 1.54) is 0 Å². The predicted octanol–water partition coefficient (Wildman–Crippen LogP) is 2.54. The standard InChI is InChI=1S/C21H22N6O3/c1-14-22-23-18-7-8-19(24-27(14)18)25-9-4-10-26(12-11-25)21(28)17-13-15-5-3-6-16(29-2)20(15)30-17/h3,5-8,13H,4,9-12H2,1-2H3. The molecule has 30 heavy (non-hydrogen) atoms. The van der Waals surface area contributed by atoms with E-state index in [1.807, 2.05) is 42.2 Å². The summed E-state index contributed by atoms with van der Waals surface area (Å²) in [5.41, 5.74) is 1.32. The summed E-state index contributed by atoms with van der Waals surface area (Å²) < 4.78 is 12.9. The average molecular weight is 406 g/mol. The number of amides is 1. The lowest BCUT2D eigenvalue weighted by molar-refractivity contribution is 0.0737. The molecule has 0 aliphatic carbocycles. The van der Waals surface area contributed by atoms with Crippen LogP contribution in [-0.4, -0.2) is 63.9 Å². The number of rotatable bonds is 3. The number of benzene rings is 1. The lowest BCUT2D eigenvalue weighted by Gasteiger charge is -2.22. The van der Waals surface area contributed by atoms with Crippen LogP contribution in [0, 0.1) is 6.92 Å². The van der Waals surface area contributed by atoms with Gasteiger partial charge in [0.05, 0.1) is 7.11 Å². The van der Waals surface area contributed by atoms with E-state index in [1.54, 1.807) is 17.7 Å². The zero-order valence-electron chi connectivity index (χ0n) is 16.9.